The Morgan fingerprint density at radius 1 is 1.23 bits per heavy atom. The quantitative estimate of drug-likeness (QED) is 0.591. The Hall–Kier alpha value is -2.41. The van der Waals surface area contributed by atoms with E-state index in [1.54, 1.807) is 6.20 Å². The van der Waals surface area contributed by atoms with Gasteiger partial charge in [0.2, 0.25) is 5.95 Å². The molecule has 0 saturated heterocycles. The van der Waals surface area contributed by atoms with Crippen molar-refractivity contribution < 1.29 is 0 Å². The summed E-state index contributed by atoms with van der Waals surface area (Å²) in [6.45, 7) is 3.43. The molecule has 3 rings (SSSR count). The minimum absolute atomic E-state index is 0.332. The van der Waals surface area contributed by atoms with Gasteiger partial charge in [-0.1, -0.05) is 0 Å². The van der Waals surface area contributed by atoms with Crippen LogP contribution in [-0.2, 0) is 13.0 Å². The van der Waals surface area contributed by atoms with Crippen LogP contribution in [0.3, 0.4) is 0 Å². The van der Waals surface area contributed by atoms with E-state index in [2.05, 4.69) is 30.9 Å². The summed E-state index contributed by atoms with van der Waals surface area (Å²) in [6, 6.07) is 3.93. The molecule has 5 N–H and O–H groups in total. The maximum atomic E-state index is 5.78. The highest BCUT2D eigenvalue weighted by molar-refractivity contribution is 5.50. The van der Waals surface area contributed by atoms with E-state index < -0.39 is 0 Å². The van der Waals surface area contributed by atoms with Gasteiger partial charge in [-0.05, 0) is 31.5 Å². The van der Waals surface area contributed by atoms with Gasteiger partial charge in [0.15, 0.2) is 0 Å². The van der Waals surface area contributed by atoms with Crippen LogP contribution in [0.2, 0.25) is 0 Å². The van der Waals surface area contributed by atoms with Crippen LogP contribution in [0.4, 0.5) is 17.5 Å². The topological polar surface area (TPSA) is 101 Å². The third-order valence-corrected chi connectivity index (χ3v) is 3.59. The van der Waals surface area contributed by atoms with Crippen molar-refractivity contribution in [2.45, 2.75) is 19.4 Å². The van der Waals surface area contributed by atoms with Crippen LogP contribution in [0.15, 0.2) is 24.5 Å². The summed E-state index contributed by atoms with van der Waals surface area (Å²) in [5, 5.41) is 10.0. The number of nitrogens with zero attached hydrogens (tertiary/aromatic N) is 3. The molecule has 0 spiro atoms. The fraction of sp³-hybridized carbons (Fsp3) is 0.400. The Balaban J connectivity index is 1.50. The van der Waals surface area contributed by atoms with Gasteiger partial charge >= 0.3 is 0 Å². The predicted octanol–water partition coefficient (Wildman–Crippen LogP) is 1.01. The lowest BCUT2D eigenvalue weighted by Gasteiger charge is -2.19. The molecular weight excluding hydrogens is 278 g/mol. The first-order valence-corrected chi connectivity index (χ1v) is 7.56. The van der Waals surface area contributed by atoms with E-state index in [1.807, 2.05) is 18.3 Å². The monoisotopic (exact) mass is 299 g/mol. The second-order valence-corrected chi connectivity index (χ2v) is 5.23. The van der Waals surface area contributed by atoms with Gasteiger partial charge in [0, 0.05) is 37.6 Å². The first kappa shape index (κ1) is 14.5. The van der Waals surface area contributed by atoms with Crippen molar-refractivity contribution in [2.75, 3.05) is 36.0 Å². The molecule has 0 fully saturated rings. The molecule has 0 aromatic carbocycles. The van der Waals surface area contributed by atoms with Crippen LogP contribution in [0.25, 0.3) is 0 Å². The Bertz CT molecular complexity index is 615. The van der Waals surface area contributed by atoms with Gasteiger partial charge < -0.3 is 21.7 Å². The molecule has 0 unspecified atom stereocenters. The molecule has 22 heavy (non-hydrogen) atoms. The maximum absolute atomic E-state index is 5.78. The molecule has 0 bridgehead atoms. The van der Waals surface area contributed by atoms with Crippen LogP contribution in [0, 0.1) is 0 Å². The lowest BCUT2D eigenvalue weighted by Crippen LogP contribution is -2.27. The molecule has 1 aliphatic heterocycles. The number of nitrogens with one attached hydrogen (secondary N) is 3. The van der Waals surface area contributed by atoms with Crippen molar-refractivity contribution in [3.8, 4) is 0 Å². The first-order chi connectivity index (χ1) is 10.8. The standard InChI is InChI=1S/C15H21N7/c16-15-21-13-10-18-8-4-12(13)14(22-15)20-7-2-6-19-11-3-1-5-17-9-11/h1,3,5,9,18-19H,2,4,6-8,10H2,(H3,16,20,21,22). The zero-order valence-corrected chi connectivity index (χ0v) is 12.5. The van der Waals surface area contributed by atoms with Crippen LogP contribution < -0.4 is 21.7 Å². The largest absolute Gasteiger partial charge is 0.384 e. The van der Waals surface area contributed by atoms with Crippen molar-refractivity contribution >= 4 is 17.5 Å². The second-order valence-electron chi connectivity index (χ2n) is 5.23. The van der Waals surface area contributed by atoms with Crippen molar-refractivity contribution in [1.29, 1.82) is 0 Å². The Morgan fingerprint density at radius 2 is 2.14 bits per heavy atom. The first-order valence-electron chi connectivity index (χ1n) is 7.56. The van der Waals surface area contributed by atoms with E-state index >= 15 is 0 Å². The van der Waals surface area contributed by atoms with Crippen molar-refractivity contribution in [2.24, 2.45) is 0 Å². The number of aromatic nitrogens is 3. The van der Waals surface area contributed by atoms with E-state index in [0.29, 0.717) is 5.95 Å². The summed E-state index contributed by atoms with van der Waals surface area (Å²) in [4.78, 5) is 12.7. The van der Waals surface area contributed by atoms with Crippen molar-refractivity contribution in [3.63, 3.8) is 0 Å². The summed E-state index contributed by atoms with van der Waals surface area (Å²) in [5.41, 5.74) is 9.02. The van der Waals surface area contributed by atoms with Gasteiger partial charge in [-0.3, -0.25) is 4.98 Å². The molecule has 0 radical (unpaired) electrons. The fourth-order valence-electron chi connectivity index (χ4n) is 2.52. The molecular formula is C15H21N7. The predicted molar refractivity (Wildman–Crippen MR) is 87.7 cm³/mol. The molecule has 1 aliphatic rings. The summed E-state index contributed by atoms with van der Waals surface area (Å²) in [7, 11) is 0. The molecule has 0 aliphatic carbocycles. The molecule has 3 heterocycles. The minimum atomic E-state index is 0.332. The lowest BCUT2D eigenvalue weighted by molar-refractivity contribution is 0.625. The Kier molecular flexibility index (Phi) is 4.65. The van der Waals surface area contributed by atoms with E-state index in [-0.39, 0.29) is 0 Å². The summed E-state index contributed by atoms with van der Waals surface area (Å²) in [5.74, 6) is 1.21. The SMILES string of the molecule is Nc1nc2c(c(NCCCNc3cccnc3)n1)CCNC2. The molecule has 116 valence electrons. The summed E-state index contributed by atoms with van der Waals surface area (Å²) < 4.78 is 0. The molecule has 0 saturated carbocycles. The molecule has 2 aromatic rings. The zero-order valence-electron chi connectivity index (χ0n) is 12.5. The van der Waals surface area contributed by atoms with Gasteiger partial charge in [0.1, 0.15) is 5.82 Å². The molecule has 0 amide bonds. The Labute approximate surface area is 129 Å². The second kappa shape index (κ2) is 7.04. The third-order valence-electron chi connectivity index (χ3n) is 3.59. The number of pyridine rings is 1. The average Bonchev–Trinajstić information content (AvgIpc) is 2.55. The number of hydrogen-bond donors (Lipinski definition) is 4. The molecule has 0 atom stereocenters. The number of nitrogens with two attached hydrogens (primary N) is 1. The van der Waals surface area contributed by atoms with Crippen molar-refractivity contribution in [3.05, 3.63) is 35.8 Å². The average molecular weight is 299 g/mol. The summed E-state index contributed by atoms with van der Waals surface area (Å²) in [6.07, 6.45) is 5.50. The van der Waals surface area contributed by atoms with Gasteiger partial charge in [0.05, 0.1) is 11.4 Å². The Morgan fingerprint density at radius 3 is 3.00 bits per heavy atom. The van der Waals surface area contributed by atoms with Crippen LogP contribution in [0.1, 0.15) is 17.7 Å². The van der Waals surface area contributed by atoms with Crippen LogP contribution >= 0.6 is 0 Å². The van der Waals surface area contributed by atoms with E-state index in [0.717, 1.165) is 56.2 Å². The maximum Gasteiger partial charge on any atom is 0.222 e. The highest BCUT2D eigenvalue weighted by atomic mass is 15.1. The normalized spacial score (nSPS) is 13.5. The number of anilines is 3. The van der Waals surface area contributed by atoms with Gasteiger partial charge in [-0.15, -0.1) is 0 Å². The minimum Gasteiger partial charge on any atom is -0.384 e. The number of fused-ring (bicyclic) bond motifs is 1. The smallest absolute Gasteiger partial charge is 0.222 e. The molecule has 7 heteroatoms. The molecule has 2 aromatic heterocycles. The van der Waals surface area contributed by atoms with Crippen molar-refractivity contribution in [1.82, 2.24) is 20.3 Å². The van der Waals surface area contributed by atoms with Crippen LogP contribution in [0.5, 0.6) is 0 Å². The number of rotatable bonds is 6. The lowest BCUT2D eigenvalue weighted by atomic mass is 10.1. The van der Waals surface area contributed by atoms with Crippen LogP contribution in [-0.4, -0.2) is 34.6 Å². The summed E-state index contributed by atoms with van der Waals surface area (Å²) >= 11 is 0. The number of hydrogen-bond acceptors (Lipinski definition) is 7. The van der Waals surface area contributed by atoms with E-state index in [1.165, 1.54) is 5.56 Å². The highest BCUT2D eigenvalue weighted by Gasteiger charge is 2.16. The number of nitrogen functional groups attached to an aromatic ring is 1. The van der Waals surface area contributed by atoms with Gasteiger partial charge in [-0.25, -0.2) is 4.98 Å². The van der Waals surface area contributed by atoms with E-state index in [9.17, 15) is 0 Å². The highest BCUT2D eigenvalue weighted by Crippen LogP contribution is 2.20. The van der Waals surface area contributed by atoms with Gasteiger partial charge in [0.25, 0.3) is 0 Å². The fourth-order valence-corrected chi connectivity index (χ4v) is 2.52. The van der Waals surface area contributed by atoms with Gasteiger partial charge in [-0.2, -0.15) is 4.98 Å². The third kappa shape index (κ3) is 3.62. The van der Waals surface area contributed by atoms with E-state index in [4.69, 9.17) is 5.73 Å². The zero-order chi connectivity index (χ0) is 15.2. The molecule has 7 nitrogen and oxygen atoms in total.